The first-order valence-electron chi connectivity index (χ1n) is 3.52. The van der Waals surface area contributed by atoms with Crippen LogP contribution in [-0.2, 0) is 13.0 Å². The minimum Gasteiger partial charge on any atom is -0.312 e. The third-order valence-corrected chi connectivity index (χ3v) is 1.78. The zero-order valence-electron chi connectivity index (χ0n) is 5.72. The molecule has 0 unspecified atom stereocenters. The van der Waals surface area contributed by atoms with E-state index in [0.717, 1.165) is 19.5 Å². The molecular formula is C8H9N2. The molecule has 1 aliphatic heterocycles. The van der Waals surface area contributed by atoms with Gasteiger partial charge < -0.3 is 5.32 Å². The van der Waals surface area contributed by atoms with E-state index in [1.807, 2.05) is 6.07 Å². The molecule has 0 spiro atoms. The summed E-state index contributed by atoms with van der Waals surface area (Å²) in [5.41, 5.74) is 2.53. The van der Waals surface area contributed by atoms with Crippen molar-refractivity contribution in [3.05, 3.63) is 29.6 Å². The molecule has 2 heterocycles. The monoisotopic (exact) mass is 133 g/mol. The lowest BCUT2D eigenvalue weighted by molar-refractivity contribution is 0.630. The van der Waals surface area contributed by atoms with Crippen LogP contribution < -0.4 is 5.32 Å². The molecule has 10 heavy (non-hydrogen) atoms. The zero-order chi connectivity index (χ0) is 6.81. The molecule has 1 N–H and O–H groups in total. The maximum atomic E-state index is 4.15. The molecule has 1 aromatic heterocycles. The van der Waals surface area contributed by atoms with Gasteiger partial charge in [0.25, 0.3) is 0 Å². The Morgan fingerprint density at radius 3 is 3.50 bits per heavy atom. The number of hydrogen-bond donors (Lipinski definition) is 1. The summed E-state index contributed by atoms with van der Waals surface area (Å²) in [7, 11) is 0. The molecule has 1 aliphatic rings. The van der Waals surface area contributed by atoms with E-state index in [1.165, 1.54) is 11.3 Å². The van der Waals surface area contributed by atoms with Crippen molar-refractivity contribution in [3.8, 4) is 0 Å². The second-order valence-corrected chi connectivity index (χ2v) is 2.47. The molecule has 1 radical (unpaired) electrons. The molecule has 0 bridgehead atoms. The lowest BCUT2D eigenvalue weighted by atomic mass is 10.1. The number of nitrogens with zero attached hydrogens (tertiary/aromatic N) is 1. The predicted molar refractivity (Wildman–Crippen MR) is 38.5 cm³/mol. The second kappa shape index (κ2) is 2.39. The van der Waals surface area contributed by atoms with Gasteiger partial charge in [0.05, 0.1) is 6.20 Å². The van der Waals surface area contributed by atoms with Gasteiger partial charge in [-0.3, -0.25) is 4.98 Å². The van der Waals surface area contributed by atoms with E-state index in [9.17, 15) is 0 Å². The molecule has 0 saturated carbocycles. The van der Waals surface area contributed by atoms with Crippen LogP contribution in [0.4, 0.5) is 0 Å². The second-order valence-electron chi connectivity index (χ2n) is 2.47. The lowest BCUT2D eigenvalue weighted by Gasteiger charge is -2.14. The van der Waals surface area contributed by atoms with E-state index >= 15 is 0 Å². The topological polar surface area (TPSA) is 24.9 Å². The third-order valence-electron chi connectivity index (χ3n) is 1.78. The summed E-state index contributed by atoms with van der Waals surface area (Å²) in [4.78, 5) is 4.15. The number of fused-ring (bicyclic) bond motifs is 1. The SMILES string of the molecule is [c]1ccc2c(n1)CCNC2. The highest BCUT2D eigenvalue weighted by Gasteiger charge is 2.06. The number of hydrogen-bond acceptors (Lipinski definition) is 2. The molecule has 2 heteroatoms. The smallest absolute Gasteiger partial charge is 0.0889 e. The molecule has 0 aromatic carbocycles. The van der Waals surface area contributed by atoms with E-state index < -0.39 is 0 Å². The van der Waals surface area contributed by atoms with Crippen LogP contribution in [0.15, 0.2) is 12.1 Å². The van der Waals surface area contributed by atoms with Gasteiger partial charge in [-0.1, -0.05) is 6.07 Å². The first-order valence-corrected chi connectivity index (χ1v) is 3.52. The normalized spacial score (nSPS) is 16.4. The van der Waals surface area contributed by atoms with Gasteiger partial charge in [-0.15, -0.1) is 0 Å². The average Bonchev–Trinajstić information content (AvgIpc) is 2.05. The largest absolute Gasteiger partial charge is 0.312 e. The number of aromatic nitrogens is 1. The zero-order valence-corrected chi connectivity index (χ0v) is 5.72. The molecule has 2 nitrogen and oxygen atoms in total. The molecule has 1 aromatic rings. The number of pyridine rings is 1. The summed E-state index contributed by atoms with van der Waals surface area (Å²) in [6.07, 6.45) is 3.89. The molecule has 0 saturated heterocycles. The van der Waals surface area contributed by atoms with E-state index in [2.05, 4.69) is 22.6 Å². The highest BCUT2D eigenvalue weighted by atomic mass is 14.9. The van der Waals surface area contributed by atoms with Crippen LogP contribution >= 0.6 is 0 Å². The van der Waals surface area contributed by atoms with Gasteiger partial charge in [0.15, 0.2) is 0 Å². The quantitative estimate of drug-likeness (QED) is 0.558. The van der Waals surface area contributed by atoms with Gasteiger partial charge in [0, 0.05) is 25.2 Å². The Kier molecular flexibility index (Phi) is 1.40. The van der Waals surface area contributed by atoms with Crippen LogP contribution in [0.2, 0.25) is 0 Å². The Morgan fingerprint density at radius 2 is 2.60 bits per heavy atom. The van der Waals surface area contributed by atoms with Crippen molar-refractivity contribution < 1.29 is 0 Å². The van der Waals surface area contributed by atoms with Crippen LogP contribution in [0.3, 0.4) is 0 Å². The number of nitrogens with one attached hydrogen (secondary N) is 1. The minimum absolute atomic E-state index is 0.969. The summed E-state index contributed by atoms with van der Waals surface area (Å²) in [6, 6.07) is 3.94. The van der Waals surface area contributed by atoms with Crippen molar-refractivity contribution in [3.63, 3.8) is 0 Å². The Morgan fingerprint density at radius 1 is 1.60 bits per heavy atom. The summed E-state index contributed by atoms with van der Waals surface area (Å²) in [6.45, 7) is 2.02. The van der Waals surface area contributed by atoms with E-state index in [-0.39, 0.29) is 0 Å². The van der Waals surface area contributed by atoms with Crippen molar-refractivity contribution in [2.75, 3.05) is 6.54 Å². The van der Waals surface area contributed by atoms with Crippen LogP contribution in [0.1, 0.15) is 11.3 Å². The first kappa shape index (κ1) is 5.86. The van der Waals surface area contributed by atoms with Crippen molar-refractivity contribution in [1.82, 2.24) is 10.3 Å². The fourth-order valence-corrected chi connectivity index (χ4v) is 1.23. The van der Waals surface area contributed by atoms with Crippen LogP contribution in [0.25, 0.3) is 0 Å². The summed E-state index contributed by atoms with van der Waals surface area (Å²) < 4.78 is 0. The van der Waals surface area contributed by atoms with Crippen LogP contribution in [0.5, 0.6) is 0 Å². The summed E-state index contributed by atoms with van der Waals surface area (Å²) in [5, 5.41) is 3.29. The minimum atomic E-state index is 0.969. The van der Waals surface area contributed by atoms with Crippen molar-refractivity contribution >= 4 is 0 Å². The van der Waals surface area contributed by atoms with Gasteiger partial charge in [0.2, 0.25) is 0 Å². The van der Waals surface area contributed by atoms with E-state index in [0.29, 0.717) is 0 Å². The molecule has 0 aliphatic carbocycles. The van der Waals surface area contributed by atoms with E-state index in [4.69, 9.17) is 0 Å². The van der Waals surface area contributed by atoms with Crippen molar-refractivity contribution in [2.45, 2.75) is 13.0 Å². The van der Waals surface area contributed by atoms with Gasteiger partial charge in [-0.2, -0.15) is 0 Å². The van der Waals surface area contributed by atoms with Crippen molar-refractivity contribution in [1.29, 1.82) is 0 Å². The molecule has 0 fully saturated rings. The summed E-state index contributed by atoms with van der Waals surface area (Å²) in [5.74, 6) is 0. The van der Waals surface area contributed by atoms with Crippen LogP contribution in [-0.4, -0.2) is 11.5 Å². The molecule has 0 amide bonds. The Balaban J connectivity index is 2.41. The van der Waals surface area contributed by atoms with E-state index in [1.54, 1.807) is 0 Å². The molecular weight excluding hydrogens is 124 g/mol. The molecule has 0 atom stereocenters. The van der Waals surface area contributed by atoms with Gasteiger partial charge in [0.1, 0.15) is 0 Å². The Bertz CT molecular complexity index is 207. The van der Waals surface area contributed by atoms with Crippen molar-refractivity contribution in [2.24, 2.45) is 0 Å². The average molecular weight is 133 g/mol. The van der Waals surface area contributed by atoms with Gasteiger partial charge >= 0.3 is 0 Å². The Labute approximate surface area is 60.3 Å². The highest BCUT2D eigenvalue weighted by Crippen LogP contribution is 2.08. The molecule has 51 valence electrons. The highest BCUT2D eigenvalue weighted by molar-refractivity contribution is 5.21. The predicted octanol–water partition coefficient (Wildman–Crippen LogP) is 0.527. The lowest BCUT2D eigenvalue weighted by Crippen LogP contribution is -2.24. The molecule has 2 rings (SSSR count). The number of rotatable bonds is 0. The summed E-state index contributed by atoms with van der Waals surface area (Å²) >= 11 is 0. The maximum absolute atomic E-state index is 4.15. The Hall–Kier alpha value is -0.890. The fourth-order valence-electron chi connectivity index (χ4n) is 1.23. The standard InChI is InChI=1S/C8H9N2/c1-2-7-6-9-5-3-8(7)10-4-1/h1-2,9H,3,5-6H2. The van der Waals surface area contributed by atoms with Crippen LogP contribution in [0, 0.1) is 6.20 Å². The third kappa shape index (κ3) is 0.907. The first-order chi connectivity index (χ1) is 4.97. The maximum Gasteiger partial charge on any atom is 0.0889 e. The fraction of sp³-hybridized carbons (Fsp3) is 0.375. The van der Waals surface area contributed by atoms with Gasteiger partial charge in [-0.05, 0) is 11.6 Å². The van der Waals surface area contributed by atoms with Gasteiger partial charge in [-0.25, -0.2) is 0 Å².